The van der Waals surface area contributed by atoms with Gasteiger partial charge < -0.3 is 5.41 Å². The Kier molecular flexibility index (Phi) is 5.60. The van der Waals surface area contributed by atoms with E-state index in [0.717, 1.165) is 11.3 Å². The third kappa shape index (κ3) is 4.53. The molecule has 0 radical (unpaired) electrons. The lowest BCUT2D eigenvalue weighted by molar-refractivity contribution is 0.707. The van der Waals surface area contributed by atoms with Crippen LogP contribution in [0.2, 0.25) is 0 Å². The Morgan fingerprint density at radius 3 is 1.79 bits per heavy atom. The minimum Gasteiger partial charge on any atom is -0.303 e. The molecule has 0 amide bonds. The maximum Gasteiger partial charge on any atom is 0.0737 e. The van der Waals surface area contributed by atoms with E-state index in [4.69, 9.17) is 5.41 Å². The number of alkyl halides is 1. The van der Waals surface area contributed by atoms with Crippen molar-refractivity contribution in [2.75, 3.05) is 0 Å². The summed E-state index contributed by atoms with van der Waals surface area (Å²) in [7, 11) is -0.305. The van der Waals surface area contributed by atoms with Crippen LogP contribution in [-0.2, 0) is 0 Å². The first-order chi connectivity index (χ1) is 8.55. The van der Waals surface area contributed by atoms with Gasteiger partial charge in [0.05, 0.1) is 9.38 Å². The molecule has 0 aliphatic carbocycles. The second-order valence-electron chi connectivity index (χ2n) is 6.83. The zero-order valence-electron chi connectivity index (χ0n) is 12.8. The van der Waals surface area contributed by atoms with Gasteiger partial charge in [0.1, 0.15) is 0 Å². The number of hydrogen-bond donors (Lipinski definition) is 1. The molecule has 1 aromatic rings. The summed E-state index contributed by atoms with van der Waals surface area (Å²) >= 11 is 2.49. The van der Waals surface area contributed by atoms with Crippen molar-refractivity contribution in [3.63, 3.8) is 0 Å². The molecule has 0 bridgehead atoms. The van der Waals surface area contributed by atoms with E-state index in [1.807, 2.05) is 30.3 Å². The van der Waals surface area contributed by atoms with Gasteiger partial charge in [0.25, 0.3) is 0 Å². The van der Waals surface area contributed by atoms with Gasteiger partial charge in [-0.1, -0.05) is 102 Å². The average molecular weight is 389 g/mol. The number of halogens is 1. The SMILES string of the molecule is CC(C)(C)P(C(I)C(=N)c1ccccc1)C(C)(C)C. The predicted molar refractivity (Wildman–Crippen MR) is 97.5 cm³/mol. The molecule has 0 aliphatic rings. The molecule has 1 aromatic carbocycles. The number of rotatable bonds is 3. The summed E-state index contributed by atoms with van der Waals surface area (Å²) < 4.78 is 0.287. The summed E-state index contributed by atoms with van der Waals surface area (Å²) in [5.74, 6) is 0. The highest BCUT2D eigenvalue weighted by Crippen LogP contribution is 2.64. The Labute approximate surface area is 133 Å². The first-order valence-electron chi connectivity index (χ1n) is 6.62. The van der Waals surface area contributed by atoms with E-state index in [0.29, 0.717) is 0 Å². The highest BCUT2D eigenvalue weighted by molar-refractivity contribution is 14.1. The van der Waals surface area contributed by atoms with E-state index >= 15 is 0 Å². The van der Waals surface area contributed by atoms with Crippen molar-refractivity contribution in [2.24, 2.45) is 0 Å². The summed E-state index contributed by atoms with van der Waals surface area (Å²) in [6.45, 7) is 13.9. The molecular formula is C16H25INP. The van der Waals surface area contributed by atoms with E-state index in [1.54, 1.807) is 0 Å². The highest BCUT2D eigenvalue weighted by Gasteiger charge is 2.40. The summed E-state index contributed by atoms with van der Waals surface area (Å²) in [5, 5.41) is 9.04. The van der Waals surface area contributed by atoms with Gasteiger partial charge in [-0.25, -0.2) is 0 Å². The van der Waals surface area contributed by atoms with E-state index in [2.05, 4.69) is 64.1 Å². The Morgan fingerprint density at radius 1 is 1.00 bits per heavy atom. The molecule has 1 unspecified atom stereocenters. The highest BCUT2D eigenvalue weighted by atomic mass is 127. The van der Waals surface area contributed by atoms with Crippen molar-refractivity contribution < 1.29 is 0 Å². The quantitative estimate of drug-likeness (QED) is 0.288. The van der Waals surface area contributed by atoms with E-state index in [-0.39, 0.29) is 21.9 Å². The van der Waals surface area contributed by atoms with Crippen molar-refractivity contribution in [1.82, 2.24) is 0 Å². The van der Waals surface area contributed by atoms with Crippen LogP contribution in [0.5, 0.6) is 0 Å². The van der Waals surface area contributed by atoms with Crippen LogP contribution in [0.3, 0.4) is 0 Å². The summed E-state index contributed by atoms with van der Waals surface area (Å²) in [5.41, 5.74) is 1.83. The first kappa shape index (κ1) is 17.1. The molecule has 1 N–H and O–H groups in total. The van der Waals surface area contributed by atoms with Gasteiger partial charge >= 0.3 is 0 Å². The summed E-state index contributed by atoms with van der Waals surface area (Å²) in [6.07, 6.45) is 0. The minimum absolute atomic E-state index is 0.251. The van der Waals surface area contributed by atoms with Crippen molar-refractivity contribution >= 4 is 36.2 Å². The molecule has 0 heterocycles. The Morgan fingerprint density at radius 2 is 1.42 bits per heavy atom. The molecule has 1 nitrogen and oxygen atoms in total. The molecule has 106 valence electrons. The zero-order chi connectivity index (χ0) is 14.8. The topological polar surface area (TPSA) is 23.9 Å². The van der Waals surface area contributed by atoms with Crippen LogP contribution in [0.4, 0.5) is 0 Å². The largest absolute Gasteiger partial charge is 0.303 e. The maximum absolute atomic E-state index is 8.53. The second kappa shape index (κ2) is 6.22. The van der Waals surface area contributed by atoms with Gasteiger partial charge in [0.2, 0.25) is 0 Å². The predicted octanol–water partition coefficient (Wildman–Crippen LogP) is 5.89. The molecule has 19 heavy (non-hydrogen) atoms. The molecule has 1 rings (SSSR count). The van der Waals surface area contributed by atoms with Crippen LogP contribution >= 0.6 is 30.5 Å². The number of hydrogen-bond acceptors (Lipinski definition) is 1. The third-order valence-corrected chi connectivity index (χ3v) is 8.89. The smallest absolute Gasteiger partial charge is 0.0737 e. The zero-order valence-corrected chi connectivity index (χ0v) is 15.8. The molecule has 0 spiro atoms. The average Bonchev–Trinajstić information content (AvgIpc) is 2.25. The van der Waals surface area contributed by atoms with Crippen LogP contribution in [-0.4, -0.2) is 19.7 Å². The van der Waals surface area contributed by atoms with Gasteiger partial charge in [-0.2, -0.15) is 0 Å². The Bertz CT molecular complexity index is 414. The lowest BCUT2D eigenvalue weighted by Crippen LogP contribution is -2.32. The number of benzene rings is 1. The maximum atomic E-state index is 8.53. The van der Waals surface area contributed by atoms with Crippen molar-refractivity contribution in [3.05, 3.63) is 35.9 Å². The lowest BCUT2D eigenvalue weighted by atomic mass is 10.1. The van der Waals surface area contributed by atoms with Gasteiger partial charge in [0, 0.05) is 0 Å². The van der Waals surface area contributed by atoms with Gasteiger partial charge in [0.15, 0.2) is 0 Å². The normalized spacial score (nSPS) is 14.5. The van der Waals surface area contributed by atoms with Crippen LogP contribution in [0.15, 0.2) is 30.3 Å². The van der Waals surface area contributed by atoms with Crippen LogP contribution < -0.4 is 0 Å². The second-order valence-corrected chi connectivity index (χ2v) is 13.0. The molecule has 0 saturated carbocycles. The third-order valence-electron chi connectivity index (χ3n) is 3.00. The summed E-state index contributed by atoms with van der Waals surface area (Å²) in [4.78, 5) is 0. The van der Waals surface area contributed by atoms with Crippen LogP contribution in [0.1, 0.15) is 47.1 Å². The Hall–Kier alpha value is 0.0500. The molecule has 0 fully saturated rings. The van der Waals surface area contributed by atoms with Gasteiger partial charge in [-0.15, -0.1) is 0 Å². The summed E-state index contributed by atoms with van der Waals surface area (Å²) in [6, 6.07) is 10.1. The van der Waals surface area contributed by atoms with Crippen molar-refractivity contribution in [2.45, 2.75) is 55.5 Å². The molecular weight excluding hydrogens is 364 g/mol. The van der Waals surface area contributed by atoms with Crippen molar-refractivity contribution in [1.29, 1.82) is 5.41 Å². The van der Waals surface area contributed by atoms with Crippen LogP contribution in [0, 0.1) is 5.41 Å². The fourth-order valence-corrected chi connectivity index (χ4v) is 11.7. The molecule has 0 aromatic heterocycles. The lowest BCUT2D eigenvalue weighted by Gasteiger charge is -2.44. The van der Waals surface area contributed by atoms with Gasteiger partial charge in [-0.3, -0.25) is 0 Å². The standard InChI is InChI=1S/C16H25INP/c1-15(2,3)19(16(4,5)6)14(17)13(18)12-10-8-7-9-11-12/h7-11,14,18H,1-6H3. The molecule has 0 saturated heterocycles. The van der Waals surface area contributed by atoms with E-state index in [1.165, 1.54) is 0 Å². The van der Waals surface area contributed by atoms with E-state index < -0.39 is 0 Å². The van der Waals surface area contributed by atoms with Crippen LogP contribution in [0.25, 0.3) is 0 Å². The Balaban J connectivity index is 3.09. The number of nitrogens with one attached hydrogen (secondary N) is 1. The molecule has 3 heteroatoms. The minimum atomic E-state index is -0.305. The van der Waals surface area contributed by atoms with Crippen molar-refractivity contribution in [3.8, 4) is 0 Å². The van der Waals surface area contributed by atoms with E-state index in [9.17, 15) is 0 Å². The monoisotopic (exact) mass is 389 g/mol. The first-order valence-corrected chi connectivity index (χ1v) is 9.28. The molecule has 1 atom stereocenters. The molecule has 0 aliphatic heterocycles. The fourth-order valence-electron chi connectivity index (χ4n) is 2.57. The fraction of sp³-hybridized carbons (Fsp3) is 0.562. The van der Waals surface area contributed by atoms with Gasteiger partial charge in [-0.05, 0) is 15.9 Å².